The third-order valence-corrected chi connectivity index (χ3v) is 3.17. The first-order valence-corrected chi connectivity index (χ1v) is 7.33. The number of rotatable bonds is 10. The van der Waals surface area contributed by atoms with Crippen LogP contribution < -0.4 is 4.90 Å². The van der Waals surface area contributed by atoms with Crippen LogP contribution in [0.1, 0.15) is 25.0 Å². The number of hydrogen-bond acceptors (Lipinski definition) is 4. The lowest BCUT2D eigenvalue weighted by Crippen LogP contribution is -2.32. The second-order valence-corrected chi connectivity index (χ2v) is 4.67. The number of aliphatic hydroxyl groups excluding tert-OH is 1. The van der Waals surface area contributed by atoms with Gasteiger partial charge in [0.25, 0.3) is 0 Å². The highest BCUT2D eigenvalue weighted by molar-refractivity contribution is 5.54. The second kappa shape index (κ2) is 9.75. The van der Waals surface area contributed by atoms with Crippen molar-refractivity contribution in [2.45, 2.75) is 27.4 Å². The largest absolute Gasteiger partial charge is 0.392 e. The number of benzene rings is 1. The Morgan fingerprint density at radius 1 is 1.05 bits per heavy atom. The molecule has 0 aliphatic rings. The highest BCUT2D eigenvalue weighted by atomic mass is 16.5. The van der Waals surface area contributed by atoms with Crippen LogP contribution in [0.25, 0.3) is 0 Å². The smallest absolute Gasteiger partial charge is 0.0702 e. The SMILES string of the molecule is CCOCCN(CCOCC)c1ccc(C)cc1CO. The lowest BCUT2D eigenvalue weighted by molar-refractivity contribution is 0.141. The van der Waals surface area contributed by atoms with E-state index in [0.717, 1.165) is 43.1 Å². The van der Waals surface area contributed by atoms with Crippen molar-refractivity contribution in [3.63, 3.8) is 0 Å². The fourth-order valence-corrected chi connectivity index (χ4v) is 2.14. The average molecular weight is 281 g/mol. The van der Waals surface area contributed by atoms with Crippen LogP contribution in [0.3, 0.4) is 0 Å². The highest BCUT2D eigenvalue weighted by Gasteiger charge is 2.11. The predicted molar refractivity (Wildman–Crippen MR) is 82.3 cm³/mol. The van der Waals surface area contributed by atoms with E-state index in [4.69, 9.17) is 9.47 Å². The number of hydrogen-bond donors (Lipinski definition) is 1. The van der Waals surface area contributed by atoms with Crippen molar-refractivity contribution < 1.29 is 14.6 Å². The highest BCUT2D eigenvalue weighted by Crippen LogP contribution is 2.22. The van der Waals surface area contributed by atoms with Gasteiger partial charge in [0.15, 0.2) is 0 Å². The van der Waals surface area contributed by atoms with Gasteiger partial charge >= 0.3 is 0 Å². The molecule has 20 heavy (non-hydrogen) atoms. The monoisotopic (exact) mass is 281 g/mol. The molecule has 4 heteroatoms. The first kappa shape index (κ1) is 17.0. The molecule has 0 bridgehead atoms. The van der Waals surface area contributed by atoms with Crippen molar-refractivity contribution >= 4 is 5.69 Å². The number of aryl methyl sites for hydroxylation is 1. The molecule has 0 radical (unpaired) electrons. The molecule has 1 rings (SSSR count). The molecule has 0 heterocycles. The van der Waals surface area contributed by atoms with E-state index in [-0.39, 0.29) is 6.61 Å². The van der Waals surface area contributed by atoms with Gasteiger partial charge in [-0.3, -0.25) is 0 Å². The Balaban J connectivity index is 2.78. The zero-order chi connectivity index (χ0) is 14.8. The van der Waals surface area contributed by atoms with Gasteiger partial charge in [0.1, 0.15) is 0 Å². The molecule has 0 aliphatic carbocycles. The normalized spacial score (nSPS) is 10.8. The van der Waals surface area contributed by atoms with E-state index >= 15 is 0 Å². The number of aliphatic hydroxyl groups is 1. The summed E-state index contributed by atoms with van der Waals surface area (Å²) in [4.78, 5) is 2.22. The van der Waals surface area contributed by atoms with Crippen molar-refractivity contribution in [3.8, 4) is 0 Å². The van der Waals surface area contributed by atoms with Crippen molar-refractivity contribution in [2.75, 3.05) is 44.4 Å². The Morgan fingerprint density at radius 2 is 1.65 bits per heavy atom. The minimum Gasteiger partial charge on any atom is -0.392 e. The molecule has 1 aromatic carbocycles. The minimum absolute atomic E-state index is 0.0524. The van der Waals surface area contributed by atoms with Crippen molar-refractivity contribution in [3.05, 3.63) is 29.3 Å². The fraction of sp³-hybridized carbons (Fsp3) is 0.625. The van der Waals surface area contributed by atoms with Gasteiger partial charge in [-0.25, -0.2) is 0 Å². The summed E-state index contributed by atoms with van der Waals surface area (Å²) in [5, 5.41) is 9.55. The number of ether oxygens (including phenoxy) is 2. The van der Waals surface area contributed by atoms with Gasteiger partial charge in [-0.2, -0.15) is 0 Å². The molecule has 0 aromatic heterocycles. The zero-order valence-electron chi connectivity index (χ0n) is 12.9. The van der Waals surface area contributed by atoms with Crippen LogP contribution in [-0.4, -0.2) is 44.6 Å². The van der Waals surface area contributed by atoms with Crippen LogP contribution in [0.15, 0.2) is 18.2 Å². The van der Waals surface area contributed by atoms with Crippen molar-refractivity contribution in [1.82, 2.24) is 0 Å². The second-order valence-electron chi connectivity index (χ2n) is 4.67. The van der Waals surface area contributed by atoms with Gasteiger partial charge in [0.05, 0.1) is 19.8 Å². The van der Waals surface area contributed by atoms with E-state index in [1.165, 1.54) is 0 Å². The summed E-state index contributed by atoms with van der Waals surface area (Å²) >= 11 is 0. The first-order valence-electron chi connectivity index (χ1n) is 7.33. The third kappa shape index (κ3) is 5.49. The van der Waals surface area contributed by atoms with Gasteiger partial charge in [-0.05, 0) is 26.8 Å². The Labute approximate surface area is 122 Å². The molecule has 0 atom stereocenters. The fourth-order valence-electron chi connectivity index (χ4n) is 2.14. The average Bonchev–Trinajstić information content (AvgIpc) is 2.46. The molecular formula is C16H27NO3. The van der Waals surface area contributed by atoms with Crippen molar-refractivity contribution in [1.29, 1.82) is 0 Å². The molecule has 4 nitrogen and oxygen atoms in total. The Bertz CT molecular complexity index is 372. The molecular weight excluding hydrogens is 254 g/mol. The summed E-state index contributed by atoms with van der Waals surface area (Å²) in [5.41, 5.74) is 3.18. The topological polar surface area (TPSA) is 41.9 Å². The molecule has 0 saturated carbocycles. The standard InChI is InChI=1S/C16H27NO3/c1-4-19-10-8-17(9-11-20-5-2)16-7-6-14(3)12-15(16)13-18/h6-7,12,18H,4-5,8-11,13H2,1-3H3. The molecule has 0 unspecified atom stereocenters. The van der Waals surface area contributed by atoms with Crippen LogP contribution in [-0.2, 0) is 16.1 Å². The summed E-state index contributed by atoms with van der Waals surface area (Å²) < 4.78 is 10.9. The molecule has 0 fully saturated rings. The lowest BCUT2D eigenvalue weighted by Gasteiger charge is -2.27. The van der Waals surface area contributed by atoms with Crippen LogP contribution in [0.5, 0.6) is 0 Å². The van der Waals surface area contributed by atoms with E-state index in [0.29, 0.717) is 13.2 Å². The Hall–Kier alpha value is -1.10. The maximum atomic E-state index is 9.55. The predicted octanol–water partition coefficient (Wildman–Crippen LogP) is 2.37. The zero-order valence-corrected chi connectivity index (χ0v) is 12.9. The first-order chi connectivity index (χ1) is 9.72. The van der Waals surface area contributed by atoms with E-state index in [1.807, 2.05) is 26.8 Å². The van der Waals surface area contributed by atoms with Gasteiger partial charge < -0.3 is 19.5 Å². The third-order valence-electron chi connectivity index (χ3n) is 3.17. The van der Waals surface area contributed by atoms with E-state index in [1.54, 1.807) is 0 Å². The number of nitrogens with zero attached hydrogens (tertiary/aromatic N) is 1. The lowest BCUT2D eigenvalue weighted by atomic mass is 10.1. The van der Waals surface area contributed by atoms with Crippen LogP contribution >= 0.6 is 0 Å². The van der Waals surface area contributed by atoms with Gasteiger partial charge in [0.2, 0.25) is 0 Å². The Morgan fingerprint density at radius 3 is 2.15 bits per heavy atom. The summed E-state index contributed by atoms with van der Waals surface area (Å²) in [6.07, 6.45) is 0. The number of anilines is 1. The van der Waals surface area contributed by atoms with E-state index in [9.17, 15) is 5.11 Å². The minimum atomic E-state index is 0.0524. The van der Waals surface area contributed by atoms with Gasteiger partial charge in [-0.1, -0.05) is 17.7 Å². The van der Waals surface area contributed by atoms with Crippen LogP contribution in [0.2, 0.25) is 0 Å². The molecule has 0 saturated heterocycles. The van der Waals surface area contributed by atoms with Gasteiger partial charge in [0, 0.05) is 37.6 Å². The Kier molecular flexibility index (Phi) is 8.26. The quantitative estimate of drug-likeness (QED) is 0.669. The van der Waals surface area contributed by atoms with E-state index in [2.05, 4.69) is 17.0 Å². The van der Waals surface area contributed by atoms with Crippen molar-refractivity contribution in [2.24, 2.45) is 0 Å². The molecule has 0 spiro atoms. The molecule has 1 aromatic rings. The summed E-state index contributed by atoms with van der Waals surface area (Å²) in [6.45, 7) is 10.5. The molecule has 0 amide bonds. The van der Waals surface area contributed by atoms with Gasteiger partial charge in [-0.15, -0.1) is 0 Å². The molecule has 114 valence electrons. The maximum Gasteiger partial charge on any atom is 0.0702 e. The summed E-state index contributed by atoms with van der Waals surface area (Å²) in [6, 6.07) is 6.17. The molecule has 1 N–H and O–H groups in total. The summed E-state index contributed by atoms with van der Waals surface area (Å²) in [5.74, 6) is 0. The van der Waals surface area contributed by atoms with Crippen LogP contribution in [0.4, 0.5) is 5.69 Å². The summed E-state index contributed by atoms with van der Waals surface area (Å²) in [7, 11) is 0. The molecule has 0 aliphatic heterocycles. The van der Waals surface area contributed by atoms with Crippen LogP contribution in [0, 0.1) is 6.92 Å². The van der Waals surface area contributed by atoms with E-state index < -0.39 is 0 Å². The maximum absolute atomic E-state index is 9.55.